The van der Waals surface area contributed by atoms with E-state index >= 15 is 0 Å². The minimum atomic E-state index is 0.945. The highest BCUT2D eigenvalue weighted by Crippen LogP contribution is 2.42. The molecular formula is C42H25N5. The van der Waals surface area contributed by atoms with Gasteiger partial charge in [-0.15, -0.1) is 0 Å². The van der Waals surface area contributed by atoms with Crippen LogP contribution >= 0.6 is 0 Å². The Morgan fingerprint density at radius 2 is 0.936 bits per heavy atom. The van der Waals surface area contributed by atoms with Gasteiger partial charge in [0.1, 0.15) is 5.65 Å². The Balaban J connectivity index is 1.38. The highest BCUT2D eigenvalue weighted by Gasteiger charge is 2.21. The van der Waals surface area contributed by atoms with Gasteiger partial charge in [0, 0.05) is 49.9 Å². The number of hydrogen-bond acceptors (Lipinski definition) is 2. The summed E-state index contributed by atoms with van der Waals surface area (Å²) in [7, 11) is 0. The Hall–Kier alpha value is -6.46. The van der Waals surface area contributed by atoms with Crippen molar-refractivity contribution in [2.24, 2.45) is 0 Å². The number of benzene rings is 6. The molecule has 0 aliphatic heterocycles. The normalized spacial score (nSPS) is 12.3. The SMILES string of the molecule is c1ccc(-n2c3ccccc3c3cc4c(cc32)c2cc3c(cc2n4-c2ccccc2)c2nc4ccccc4n2c2cccnc32)cc1. The van der Waals surface area contributed by atoms with Crippen molar-refractivity contribution in [2.45, 2.75) is 0 Å². The number of rotatable bonds is 2. The second-order valence-corrected chi connectivity index (χ2v) is 12.3. The van der Waals surface area contributed by atoms with E-state index in [2.05, 4.69) is 153 Å². The lowest BCUT2D eigenvalue weighted by Gasteiger charge is -2.11. The Morgan fingerprint density at radius 1 is 0.383 bits per heavy atom. The number of hydrogen-bond donors (Lipinski definition) is 0. The molecule has 0 radical (unpaired) electrons. The smallest absolute Gasteiger partial charge is 0.146 e. The molecule has 0 aliphatic carbocycles. The van der Waals surface area contributed by atoms with Gasteiger partial charge >= 0.3 is 0 Å². The van der Waals surface area contributed by atoms with Crippen LogP contribution in [0, 0.1) is 0 Å². The second kappa shape index (κ2) is 9.05. The molecule has 11 rings (SSSR count). The van der Waals surface area contributed by atoms with Gasteiger partial charge < -0.3 is 9.13 Å². The molecule has 0 fully saturated rings. The molecule has 0 saturated carbocycles. The number of pyridine rings is 2. The Morgan fingerprint density at radius 3 is 1.68 bits per heavy atom. The molecule has 5 aromatic heterocycles. The third kappa shape index (κ3) is 3.27. The molecule has 0 bridgehead atoms. The van der Waals surface area contributed by atoms with Gasteiger partial charge in [0.25, 0.3) is 0 Å². The lowest BCUT2D eigenvalue weighted by atomic mass is 10.0. The van der Waals surface area contributed by atoms with Crippen molar-refractivity contribution in [1.82, 2.24) is 23.5 Å². The largest absolute Gasteiger partial charge is 0.309 e. The molecule has 218 valence electrons. The molecule has 0 aliphatic rings. The van der Waals surface area contributed by atoms with Crippen LogP contribution in [-0.2, 0) is 0 Å². The molecule has 0 amide bonds. The first-order valence-corrected chi connectivity index (χ1v) is 15.9. The summed E-state index contributed by atoms with van der Waals surface area (Å²) in [5.74, 6) is 0. The summed E-state index contributed by atoms with van der Waals surface area (Å²) in [6.45, 7) is 0. The van der Waals surface area contributed by atoms with Gasteiger partial charge in [-0.25, -0.2) is 4.98 Å². The Labute approximate surface area is 268 Å². The van der Waals surface area contributed by atoms with E-state index in [1.807, 2.05) is 12.3 Å². The first kappa shape index (κ1) is 24.8. The number of para-hydroxylation sites is 5. The summed E-state index contributed by atoms with van der Waals surface area (Å²) in [6, 6.07) is 52.1. The van der Waals surface area contributed by atoms with Crippen molar-refractivity contribution in [3.63, 3.8) is 0 Å². The quantitative estimate of drug-likeness (QED) is 0.186. The van der Waals surface area contributed by atoms with E-state index in [1.54, 1.807) is 0 Å². The fourth-order valence-electron chi connectivity index (χ4n) is 7.85. The maximum atomic E-state index is 5.20. The number of fused-ring (bicyclic) bond motifs is 14. The average molecular weight is 600 g/mol. The van der Waals surface area contributed by atoms with Crippen LogP contribution < -0.4 is 0 Å². The predicted octanol–water partition coefficient (Wildman–Crippen LogP) is 10.4. The molecule has 0 atom stereocenters. The molecule has 6 aromatic carbocycles. The van der Waals surface area contributed by atoms with Gasteiger partial charge in [-0.2, -0.15) is 0 Å². The molecule has 5 heterocycles. The first-order valence-electron chi connectivity index (χ1n) is 15.9. The van der Waals surface area contributed by atoms with E-state index in [0.29, 0.717) is 0 Å². The minimum Gasteiger partial charge on any atom is -0.309 e. The number of aromatic nitrogens is 5. The molecule has 5 nitrogen and oxygen atoms in total. The summed E-state index contributed by atoms with van der Waals surface area (Å²) in [6.07, 6.45) is 1.89. The molecule has 11 aromatic rings. The van der Waals surface area contributed by atoms with Crippen molar-refractivity contribution in [3.8, 4) is 11.4 Å². The zero-order chi connectivity index (χ0) is 30.6. The van der Waals surface area contributed by atoms with Crippen molar-refractivity contribution < 1.29 is 0 Å². The Bertz CT molecular complexity index is 3060. The van der Waals surface area contributed by atoms with Crippen molar-refractivity contribution in [1.29, 1.82) is 0 Å². The van der Waals surface area contributed by atoms with E-state index in [1.165, 1.54) is 38.1 Å². The van der Waals surface area contributed by atoms with Crippen molar-refractivity contribution >= 4 is 82.1 Å². The minimum absolute atomic E-state index is 0.945. The second-order valence-electron chi connectivity index (χ2n) is 12.3. The van der Waals surface area contributed by atoms with Crippen molar-refractivity contribution in [2.75, 3.05) is 0 Å². The molecule has 47 heavy (non-hydrogen) atoms. The van der Waals surface area contributed by atoms with Crippen LogP contribution in [0.25, 0.3) is 93.5 Å². The van der Waals surface area contributed by atoms with Crippen LogP contribution in [0.2, 0.25) is 0 Å². The standard InChI is InChI=1S/C42H25N5/c1-3-12-26(13-4-1)45-35-18-9-7-16-28(35)30-23-39-31(24-38(30)45)29-22-32-33(25-40(29)46(39)27-14-5-2-6-15-27)42-44-34-17-8-10-19-36(34)47(42)37-20-11-21-43-41(32)37/h1-25H. The zero-order valence-electron chi connectivity index (χ0n) is 25.2. The highest BCUT2D eigenvalue weighted by atomic mass is 15.0. The van der Waals surface area contributed by atoms with Gasteiger partial charge in [0.2, 0.25) is 0 Å². The molecular weight excluding hydrogens is 574 g/mol. The van der Waals surface area contributed by atoms with Crippen LogP contribution in [0.4, 0.5) is 0 Å². The van der Waals surface area contributed by atoms with E-state index in [-0.39, 0.29) is 0 Å². The summed E-state index contributed by atoms with van der Waals surface area (Å²) < 4.78 is 7.08. The van der Waals surface area contributed by atoms with Crippen molar-refractivity contribution in [3.05, 3.63) is 152 Å². The van der Waals surface area contributed by atoms with Gasteiger partial charge in [-0.1, -0.05) is 66.7 Å². The maximum absolute atomic E-state index is 5.20. The molecule has 0 saturated heterocycles. The van der Waals surface area contributed by atoms with Gasteiger partial charge in [-0.3, -0.25) is 9.38 Å². The summed E-state index contributed by atoms with van der Waals surface area (Å²) in [5.41, 5.74) is 12.0. The highest BCUT2D eigenvalue weighted by molar-refractivity contribution is 6.23. The third-order valence-corrected chi connectivity index (χ3v) is 9.81. The third-order valence-electron chi connectivity index (χ3n) is 9.81. The van der Waals surface area contributed by atoms with Crippen LogP contribution in [0.3, 0.4) is 0 Å². The monoisotopic (exact) mass is 599 g/mol. The van der Waals surface area contributed by atoms with E-state index in [9.17, 15) is 0 Å². The van der Waals surface area contributed by atoms with Crippen LogP contribution in [-0.4, -0.2) is 23.5 Å². The lowest BCUT2D eigenvalue weighted by molar-refractivity contribution is 1.17. The van der Waals surface area contributed by atoms with Crippen LogP contribution in [0.1, 0.15) is 0 Å². The summed E-state index contributed by atoms with van der Waals surface area (Å²) in [5, 5.41) is 7.06. The topological polar surface area (TPSA) is 40.0 Å². The number of nitrogens with zero attached hydrogens (tertiary/aromatic N) is 5. The molecule has 0 spiro atoms. The molecule has 0 N–H and O–H groups in total. The summed E-state index contributed by atoms with van der Waals surface area (Å²) >= 11 is 0. The van der Waals surface area contributed by atoms with E-state index in [4.69, 9.17) is 9.97 Å². The van der Waals surface area contributed by atoms with Gasteiger partial charge in [0.05, 0.1) is 44.1 Å². The van der Waals surface area contributed by atoms with Crippen LogP contribution in [0.15, 0.2) is 152 Å². The zero-order valence-corrected chi connectivity index (χ0v) is 25.2. The average Bonchev–Trinajstić information content (AvgIpc) is 3.78. The lowest BCUT2D eigenvalue weighted by Crippen LogP contribution is -1.95. The van der Waals surface area contributed by atoms with Gasteiger partial charge in [0.15, 0.2) is 0 Å². The maximum Gasteiger partial charge on any atom is 0.146 e. The Kier molecular flexibility index (Phi) is 4.78. The van der Waals surface area contributed by atoms with E-state index < -0.39 is 0 Å². The molecule has 5 heteroatoms. The van der Waals surface area contributed by atoms with Crippen LogP contribution in [0.5, 0.6) is 0 Å². The summed E-state index contributed by atoms with van der Waals surface area (Å²) in [4.78, 5) is 10.2. The fourth-order valence-corrected chi connectivity index (χ4v) is 7.85. The number of imidazole rings is 1. The van der Waals surface area contributed by atoms with Gasteiger partial charge in [-0.05, 0) is 78.9 Å². The van der Waals surface area contributed by atoms with E-state index in [0.717, 1.165) is 55.4 Å². The predicted molar refractivity (Wildman–Crippen MR) is 194 cm³/mol. The fraction of sp³-hybridized carbons (Fsp3) is 0. The first-order chi connectivity index (χ1) is 23.3. The molecule has 0 unspecified atom stereocenters.